The predicted octanol–water partition coefficient (Wildman–Crippen LogP) is -0.550. The van der Waals surface area contributed by atoms with Gasteiger partial charge in [0.25, 0.3) is 0 Å². The summed E-state index contributed by atoms with van der Waals surface area (Å²) in [6.45, 7) is 2.71. The molecule has 102 valence electrons. The van der Waals surface area contributed by atoms with Crippen LogP contribution in [0.5, 0.6) is 0 Å². The lowest BCUT2D eigenvalue weighted by Crippen LogP contribution is -2.44. The molecule has 18 heavy (non-hydrogen) atoms. The van der Waals surface area contributed by atoms with E-state index in [9.17, 15) is 9.90 Å². The van der Waals surface area contributed by atoms with Gasteiger partial charge in [0, 0.05) is 25.0 Å². The number of likely N-dealkylation sites (N-methyl/N-ethyl adjacent to an activating group) is 1. The van der Waals surface area contributed by atoms with E-state index in [1.165, 1.54) is 0 Å². The number of likely N-dealkylation sites (tertiary alicyclic amines) is 1. The van der Waals surface area contributed by atoms with Crippen LogP contribution in [0.15, 0.2) is 0 Å². The highest BCUT2D eigenvalue weighted by molar-refractivity contribution is 5.80. The first kappa shape index (κ1) is 12.4. The molecule has 0 bridgehead atoms. The average molecular weight is 254 g/mol. The van der Waals surface area contributed by atoms with Crippen molar-refractivity contribution in [3.05, 3.63) is 0 Å². The van der Waals surface area contributed by atoms with Gasteiger partial charge in [-0.05, 0) is 25.8 Å². The number of rotatable bonds is 2. The average Bonchev–Trinajstić information content (AvgIpc) is 3.05. The Morgan fingerprint density at radius 3 is 2.89 bits per heavy atom. The molecule has 3 fully saturated rings. The van der Waals surface area contributed by atoms with Crippen LogP contribution in [-0.4, -0.2) is 61.4 Å². The fraction of sp³-hybridized carbons (Fsp3) is 0.923. The van der Waals surface area contributed by atoms with Gasteiger partial charge in [-0.1, -0.05) is 0 Å². The van der Waals surface area contributed by atoms with Crippen molar-refractivity contribution in [1.29, 1.82) is 0 Å². The largest absolute Gasteiger partial charge is 0.393 e. The van der Waals surface area contributed by atoms with Gasteiger partial charge < -0.3 is 20.1 Å². The molecule has 5 atom stereocenters. The Hall–Kier alpha value is -0.650. The van der Waals surface area contributed by atoms with E-state index in [0.717, 1.165) is 25.9 Å². The molecule has 0 aromatic carbocycles. The van der Waals surface area contributed by atoms with Crippen molar-refractivity contribution >= 4 is 5.91 Å². The maximum absolute atomic E-state index is 12.5. The highest BCUT2D eigenvalue weighted by atomic mass is 16.5. The Bertz CT molecular complexity index is 336. The summed E-state index contributed by atoms with van der Waals surface area (Å²) in [5.41, 5.74) is 0. The third-order valence-corrected chi connectivity index (χ3v) is 4.90. The lowest BCUT2D eigenvalue weighted by Gasteiger charge is -2.24. The lowest BCUT2D eigenvalue weighted by molar-refractivity contribution is -0.135. The summed E-state index contributed by atoms with van der Waals surface area (Å²) >= 11 is 0. The molecule has 2 aliphatic heterocycles. The van der Waals surface area contributed by atoms with Crippen LogP contribution in [0.2, 0.25) is 0 Å². The summed E-state index contributed by atoms with van der Waals surface area (Å²) in [4.78, 5) is 14.4. The van der Waals surface area contributed by atoms with Crippen LogP contribution in [0.1, 0.15) is 12.8 Å². The molecule has 1 aliphatic carbocycles. The Balaban J connectivity index is 1.64. The topological polar surface area (TPSA) is 61.8 Å². The quantitative estimate of drug-likeness (QED) is 0.694. The molecular formula is C13H22N2O3. The predicted molar refractivity (Wildman–Crippen MR) is 66.0 cm³/mol. The van der Waals surface area contributed by atoms with Gasteiger partial charge in [0.15, 0.2) is 0 Å². The fourth-order valence-corrected chi connectivity index (χ4v) is 3.73. The molecule has 3 rings (SSSR count). The molecule has 0 radical (unpaired) electrons. The van der Waals surface area contributed by atoms with Crippen molar-refractivity contribution in [1.82, 2.24) is 10.2 Å². The van der Waals surface area contributed by atoms with Crippen molar-refractivity contribution in [2.75, 3.05) is 33.4 Å². The summed E-state index contributed by atoms with van der Waals surface area (Å²) in [6.07, 6.45) is 1.77. The number of carbonyl (C=O) groups is 1. The Kier molecular flexibility index (Phi) is 3.30. The summed E-state index contributed by atoms with van der Waals surface area (Å²) in [6, 6.07) is 0.142. The third kappa shape index (κ3) is 1.94. The van der Waals surface area contributed by atoms with Crippen LogP contribution in [0.4, 0.5) is 0 Å². The van der Waals surface area contributed by atoms with E-state index in [4.69, 9.17) is 4.74 Å². The highest BCUT2D eigenvalue weighted by Gasteiger charge is 2.45. The van der Waals surface area contributed by atoms with Gasteiger partial charge in [0.2, 0.25) is 5.91 Å². The fourth-order valence-electron chi connectivity index (χ4n) is 3.73. The molecule has 5 nitrogen and oxygen atoms in total. The zero-order valence-corrected chi connectivity index (χ0v) is 10.8. The number of nitrogens with one attached hydrogen (secondary N) is 1. The van der Waals surface area contributed by atoms with Gasteiger partial charge in [-0.25, -0.2) is 0 Å². The number of hydrogen-bond donors (Lipinski definition) is 2. The number of aliphatic hydroxyl groups is 1. The second kappa shape index (κ2) is 4.79. The van der Waals surface area contributed by atoms with Crippen LogP contribution in [0.25, 0.3) is 0 Å². The van der Waals surface area contributed by atoms with Crippen molar-refractivity contribution in [2.45, 2.75) is 25.0 Å². The maximum atomic E-state index is 12.5. The molecule has 5 unspecified atom stereocenters. The number of hydrogen-bond acceptors (Lipinski definition) is 4. The summed E-state index contributed by atoms with van der Waals surface area (Å²) in [7, 11) is 1.88. The van der Waals surface area contributed by atoms with Crippen LogP contribution < -0.4 is 5.32 Å². The first-order valence-electron chi connectivity index (χ1n) is 6.92. The highest BCUT2D eigenvalue weighted by Crippen LogP contribution is 2.38. The van der Waals surface area contributed by atoms with Crippen molar-refractivity contribution < 1.29 is 14.6 Å². The normalized spacial score (nSPS) is 43.4. The van der Waals surface area contributed by atoms with E-state index in [1.54, 1.807) is 0 Å². The van der Waals surface area contributed by atoms with E-state index in [-0.39, 0.29) is 24.0 Å². The molecule has 5 heteroatoms. The zero-order valence-electron chi connectivity index (χ0n) is 10.8. The number of nitrogens with zero attached hydrogens (tertiary/aromatic N) is 1. The van der Waals surface area contributed by atoms with Crippen LogP contribution in [0, 0.1) is 17.8 Å². The lowest BCUT2D eigenvalue weighted by atomic mass is 10.00. The van der Waals surface area contributed by atoms with E-state index in [0.29, 0.717) is 25.0 Å². The Morgan fingerprint density at radius 2 is 2.17 bits per heavy atom. The summed E-state index contributed by atoms with van der Waals surface area (Å²) < 4.78 is 5.40. The minimum atomic E-state index is -0.201. The second-order valence-corrected chi connectivity index (χ2v) is 5.85. The van der Waals surface area contributed by atoms with Gasteiger partial charge >= 0.3 is 0 Å². The molecular weight excluding hydrogens is 232 g/mol. The molecule has 1 amide bonds. The van der Waals surface area contributed by atoms with Crippen molar-refractivity contribution in [3.63, 3.8) is 0 Å². The molecule has 2 heterocycles. The number of aliphatic hydroxyl groups excluding tert-OH is 1. The van der Waals surface area contributed by atoms with Crippen LogP contribution in [-0.2, 0) is 9.53 Å². The van der Waals surface area contributed by atoms with Crippen LogP contribution >= 0.6 is 0 Å². The molecule has 2 saturated heterocycles. The Labute approximate surface area is 107 Å². The number of ether oxygens (including phenoxy) is 1. The van der Waals surface area contributed by atoms with Crippen molar-refractivity contribution in [2.24, 2.45) is 17.8 Å². The SMILES string of the molecule is CNC1COCC1C(=O)N1CC2CCC(O)C2C1. The van der Waals surface area contributed by atoms with Gasteiger partial charge in [0.05, 0.1) is 25.2 Å². The van der Waals surface area contributed by atoms with Gasteiger partial charge in [-0.3, -0.25) is 4.79 Å². The van der Waals surface area contributed by atoms with Crippen molar-refractivity contribution in [3.8, 4) is 0 Å². The number of amides is 1. The number of fused-ring (bicyclic) bond motifs is 1. The molecule has 0 aromatic rings. The monoisotopic (exact) mass is 254 g/mol. The minimum absolute atomic E-state index is 0.0500. The molecule has 0 aromatic heterocycles. The molecule has 0 spiro atoms. The minimum Gasteiger partial charge on any atom is -0.393 e. The third-order valence-electron chi connectivity index (χ3n) is 4.90. The van der Waals surface area contributed by atoms with Gasteiger partial charge in [-0.15, -0.1) is 0 Å². The summed E-state index contributed by atoms with van der Waals surface area (Å²) in [5.74, 6) is 0.975. The molecule has 3 aliphatic rings. The molecule has 1 saturated carbocycles. The summed E-state index contributed by atoms with van der Waals surface area (Å²) in [5, 5.41) is 13.0. The van der Waals surface area contributed by atoms with Gasteiger partial charge in [0.1, 0.15) is 0 Å². The van der Waals surface area contributed by atoms with E-state index < -0.39 is 0 Å². The van der Waals surface area contributed by atoms with Crippen LogP contribution in [0.3, 0.4) is 0 Å². The van der Waals surface area contributed by atoms with E-state index >= 15 is 0 Å². The Morgan fingerprint density at radius 1 is 1.33 bits per heavy atom. The first-order chi connectivity index (χ1) is 8.70. The van der Waals surface area contributed by atoms with E-state index in [1.807, 2.05) is 11.9 Å². The second-order valence-electron chi connectivity index (χ2n) is 5.85. The standard InChI is InChI=1S/C13H22N2O3/c1-14-11-7-18-6-10(11)13(17)15-4-8-2-3-12(16)9(8)5-15/h8-12,14,16H,2-7H2,1H3. The van der Waals surface area contributed by atoms with Gasteiger partial charge in [-0.2, -0.15) is 0 Å². The first-order valence-corrected chi connectivity index (χ1v) is 6.92. The smallest absolute Gasteiger partial charge is 0.229 e. The zero-order chi connectivity index (χ0) is 12.7. The molecule has 2 N–H and O–H groups in total. The van der Waals surface area contributed by atoms with E-state index in [2.05, 4.69) is 5.32 Å². The number of carbonyl (C=O) groups excluding carboxylic acids is 1. The maximum Gasteiger partial charge on any atom is 0.229 e.